The molecule has 0 bridgehead atoms. The van der Waals surface area contributed by atoms with Gasteiger partial charge in [-0.25, -0.2) is 0 Å². The van der Waals surface area contributed by atoms with Crippen molar-refractivity contribution in [2.24, 2.45) is 0 Å². The molecular weight excluding hydrogens is 228 g/mol. The lowest BCUT2D eigenvalue weighted by atomic mass is 10.2. The first-order valence-corrected chi connectivity index (χ1v) is 7.14. The van der Waals surface area contributed by atoms with E-state index in [-0.39, 0.29) is 0 Å². The highest BCUT2D eigenvalue weighted by Crippen LogP contribution is 2.11. The van der Waals surface area contributed by atoms with E-state index in [1.165, 1.54) is 25.7 Å². The third-order valence-electron chi connectivity index (χ3n) is 2.74. The van der Waals surface area contributed by atoms with Crippen LogP contribution in [0.25, 0.3) is 0 Å². The Morgan fingerprint density at radius 3 is 2.78 bits per heavy atom. The Hall–Kier alpha value is -1.03. The molecule has 1 heterocycles. The van der Waals surface area contributed by atoms with E-state index in [0.29, 0.717) is 12.7 Å². The summed E-state index contributed by atoms with van der Waals surface area (Å²) in [5.74, 6) is 0. The molecule has 0 aromatic carbocycles. The molecule has 0 saturated heterocycles. The monoisotopic (exact) mass is 254 g/mol. The summed E-state index contributed by atoms with van der Waals surface area (Å²) in [6.07, 6.45) is 9.36. The van der Waals surface area contributed by atoms with E-state index in [4.69, 9.17) is 9.15 Å². The number of aromatic nitrogens is 1. The summed E-state index contributed by atoms with van der Waals surface area (Å²) in [7, 11) is 0. The van der Waals surface area contributed by atoms with Gasteiger partial charge in [-0.15, -0.1) is 0 Å². The summed E-state index contributed by atoms with van der Waals surface area (Å²) in [6.45, 7) is 6.81. The first-order chi connectivity index (χ1) is 8.86. The number of ether oxygens (including phenoxy) is 1. The standard InChI is InChI=1S/C14H26N2O2/c1-3-5-6-7-8-10-17-14-16-13(12-18-14)11-15-9-4-2/h12,15H,3-11H2,1-2H3. The lowest BCUT2D eigenvalue weighted by Crippen LogP contribution is -2.13. The average Bonchev–Trinajstić information content (AvgIpc) is 2.82. The zero-order valence-electron chi connectivity index (χ0n) is 11.7. The molecule has 18 heavy (non-hydrogen) atoms. The zero-order valence-corrected chi connectivity index (χ0v) is 11.7. The molecule has 0 fully saturated rings. The molecule has 0 aliphatic rings. The lowest BCUT2D eigenvalue weighted by Gasteiger charge is -2.01. The maximum absolute atomic E-state index is 5.47. The zero-order chi connectivity index (χ0) is 13.1. The van der Waals surface area contributed by atoms with Gasteiger partial charge in [-0.1, -0.05) is 39.5 Å². The van der Waals surface area contributed by atoms with Crippen molar-refractivity contribution in [3.05, 3.63) is 12.0 Å². The number of unbranched alkanes of at least 4 members (excludes halogenated alkanes) is 4. The summed E-state index contributed by atoms with van der Waals surface area (Å²) < 4.78 is 10.7. The molecule has 1 aromatic heterocycles. The van der Waals surface area contributed by atoms with Gasteiger partial charge < -0.3 is 14.5 Å². The molecule has 0 atom stereocenters. The van der Waals surface area contributed by atoms with Crippen LogP contribution in [-0.2, 0) is 6.54 Å². The fourth-order valence-corrected chi connectivity index (χ4v) is 1.69. The molecule has 0 aliphatic heterocycles. The van der Waals surface area contributed by atoms with Crippen LogP contribution in [0.5, 0.6) is 6.08 Å². The molecule has 4 heteroatoms. The SMILES string of the molecule is CCCCCCCOc1nc(CNCCC)co1. The van der Waals surface area contributed by atoms with Crippen molar-refractivity contribution in [1.29, 1.82) is 0 Å². The number of hydrogen-bond acceptors (Lipinski definition) is 4. The van der Waals surface area contributed by atoms with Crippen LogP contribution in [-0.4, -0.2) is 18.1 Å². The molecule has 0 aliphatic carbocycles. The van der Waals surface area contributed by atoms with Crippen molar-refractivity contribution < 1.29 is 9.15 Å². The van der Waals surface area contributed by atoms with Crippen LogP contribution >= 0.6 is 0 Å². The molecule has 104 valence electrons. The van der Waals surface area contributed by atoms with Gasteiger partial charge in [0.1, 0.15) is 6.26 Å². The Balaban J connectivity index is 2.07. The summed E-state index contributed by atoms with van der Waals surface area (Å²) in [5, 5.41) is 3.28. The van der Waals surface area contributed by atoms with Crippen LogP contribution in [0.4, 0.5) is 0 Å². The summed E-state index contributed by atoms with van der Waals surface area (Å²) in [5.41, 5.74) is 0.907. The average molecular weight is 254 g/mol. The van der Waals surface area contributed by atoms with E-state index in [9.17, 15) is 0 Å². The second-order valence-electron chi connectivity index (χ2n) is 4.54. The van der Waals surface area contributed by atoms with Crippen molar-refractivity contribution in [2.75, 3.05) is 13.2 Å². The second kappa shape index (κ2) is 9.95. The summed E-state index contributed by atoms with van der Waals surface area (Å²) >= 11 is 0. The van der Waals surface area contributed by atoms with Crippen LogP contribution in [0, 0.1) is 0 Å². The third kappa shape index (κ3) is 6.64. The van der Waals surface area contributed by atoms with Gasteiger partial charge in [0.25, 0.3) is 0 Å². The molecule has 1 N–H and O–H groups in total. The largest absolute Gasteiger partial charge is 0.450 e. The second-order valence-corrected chi connectivity index (χ2v) is 4.54. The molecular formula is C14H26N2O2. The van der Waals surface area contributed by atoms with Crippen molar-refractivity contribution in [2.45, 2.75) is 58.9 Å². The van der Waals surface area contributed by atoms with E-state index < -0.39 is 0 Å². The highest BCUT2D eigenvalue weighted by molar-refractivity contribution is 4.99. The van der Waals surface area contributed by atoms with Gasteiger partial charge in [0, 0.05) is 6.54 Å². The molecule has 0 spiro atoms. The van der Waals surface area contributed by atoms with Gasteiger partial charge in [-0.3, -0.25) is 0 Å². The smallest absolute Gasteiger partial charge is 0.393 e. The predicted molar refractivity (Wildman–Crippen MR) is 72.8 cm³/mol. The van der Waals surface area contributed by atoms with Crippen LogP contribution in [0.2, 0.25) is 0 Å². The third-order valence-corrected chi connectivity index (χ3v) is 2.74. The van der Waals surface area contributed by atoms with Crippen molar-refractivity contribution in [3.8, 4) is 6.08 Å². The minimum absolute atomic E-state index is 0.402. The lowest BCUT2D eigenvalue weighted by molar-refractivity contribution is 0.224. The number of nitrogens with zero attached hydrogens (tertiary/aromatic N) is 1. The summed E-state index contributed by atoms with van der Waals surface area (Å²) in [6, 6.07) is 0. The Kier molecular flexibility index (Phi) is 8.30. The van der Waals surface area contributed by atoms with Gasteiger partial charge in [-0.2, -0.15) is 4.98 Å². The van der Waals surface area contributed by atoms with Gasteiger partial charge in [0.2, 0.25) is 0 Å². The topological polar surface area (TPSA) is 47.3 Å². The Morgan fingerprint density at radius 1 is 1.17 bits per heavy atom. The van der Waals surface area contributed by atoms with Crippen LogP contribution in [0.3, 0.4) is 0 Å². The number of rotatable bonds is 11. The first-order valence-electron chi connectivity index (χ1n) is 7.14. The normalized spacial score (nSPS) is 10.8. The molecule has 0 amide bonds. The quantitative estimate of drug-likeness (QED) is 0.614. The van der Waals surface area contributed by atoms with Crippen LogP contribution in [0.15, 0.2) is 10.7 Å². The summed E-state index contributed by atoms with van der Waals surface area (Å²) in [4.78, 5) is 4.26. The van der Waals surface area contributed by atoms with Crippen molar-refractivity contribution in [3.63, 3.8) is 0 Å². The highest BCUT2D eigenvalue weighted by Gasteiger charge is 2.04. The fraction of sp³-hybridized carbons (Fsp3) is 0.786. The Bertz CT molecular complexity index is 300. The van der Waals surface area contributed by atoms with Gasteiger partial charge in [0.05, 0.1) is 12.3 Å². The molecule has 4 nitrogen and oxygen atoms in total. The maximum Gasteiger partial charge on any atom is 0.393 e. The molecule has 0 unspecified atom stereocenters. The predicted octanol–water partition coefficient (Wildman–Crippen LogP) is 3.52. The highest BCUT2D eigenvalue weighted by atomic mass is 16.6. The van der Waals surface area contributed by atoms with Gasteiger partial charge in [-0.05, 0) is 19.4 Å². The van der Waals surface area contributed by atoms with E-state index in [2.05, 4.69) is 24.1 Å². The van der Waals surface area contributed by atoms with Crippen molar-refractivity contribution >= 4 is 0 Å². The molecule has 1 aromatic rings. The maximum atomic E-state index is 5.47. The van der Waals surface area contributed by atoms with E-state index in [1.807, 2.05) is 0 Å². The Morgan fingerprint density at radius 2 is 2.00 bits per heavy atom. The van der Waals surface area contributed by atoms with Crippen LogP contribution < -0.4 is 10.1 Å². The van der Waals surface area contributed by atoms with E-state index >= 15 is 0 Å². The van der Waals surface area contributed by atoms with E-state index in [0.717, 1.165) is 31.6 Å². The van der Waals surface area contributed by atoms with E-state index in [1.54, 1.807) is 6.26 Å². The molecule has 0 saturated carbocycles. The number of hydrogen-bond donors (Lipinski definition) is 1. The number of oxazole rings is 1. The molecule has 0 radical (unpaired) electrons. The molecule has 1 rings (SSSR count). The Labute approximate surface area is 110 Å². The van der Waals surface area contributed by atoms with Gasteiger partial charge in [0.15, 0.2) is 0 Å². The van der Waals surface area contributed by atoms with Crippen molar-refractivity contribution in [1.82, 2.24) is 10.3 Å². The van der Waals surface area contributed by atoms with Crippen LogP contribution in [0.1, 0.15) is 58.1 Å². The number of nitrogens with one attached hydrogen (secondary N) is 1. The first kappa shape index (κ1) is 15.0. The minimum Gasteiger partial charge on any atom is -0.450 e. The fourth-order valence-electron chi connectivity index (χ4n) is 1.69. The van der Waals surface area contributed by atoms with Gasteiger partial charge >= 0.3 is 6.08 Å². The minimum atomic E-state index is 0.402.